The van der Waals surface area contributed by atoms with Crippen molar-refractivity contribution in [3.8, 4) is 0 Å². The van der Waals surface area contributed by atoms with Crippen molar-refractivity contribution in [1.29, 1.82) is 0 Å². The molecule has 2 N–H and O–H groups in total. The number of nitrogens with two attached hydrogens (primary N) is 1. The van der Waals surface area contributed by atoms with Crippen LogP contribution >= 0.6 is 11.6 Å². The topological polar surface area (TPSA) is 63.4 Å². The zero-order chi connectivity index (χ0) is 15.1. The molecule has 4 nitrogen and oxygen atoms in total. The average molecular weight is 317 g/mol. The van der Waals surface area contributed by atoms with Crippen LogP contribution in [0.1, 0.15) is 25.8 Å². The minimum Gasteiger partial charge on any atom is -0.327 e. The standard InChI is InChI=1S/C14H21ClN2O2S/c1-10-4-5-11(8-12(10)15)20(18,19)17-7-6-13(16)14(2,3)9-17/h4-5,8,13H,6-7,9,16H2,1-3H3. The van der Waals surface area contributed by atoms with Crippen LogP contribution in [-0.2, 0) is 10.0 Å². The molecule has 20 heavy (non-hydrogen) atoms. The molecule has 0 radical (unpaired) electrons. The lowest BCUT2D eigenvalue weighted by molar-refractivity contribution is 0.155. The molecule has 1 fully saturated rings. The molecule has 1 aliphatic rings. The first-order chi connectivity index (χ1) is 9.14. The summed E-state index contributed by atoms with van der Waals surface area (Å²) >= 11 is 6.04. The second kappa shape index (κ2) is 5.30. The quantitative estimate of drug-likeness (QED) is 0.911. The number of halogens is 1. The highest BCUT2D eigenvalue weighted by Crippen LogP contribution is 2.32. The molecule has 1 heterocycles. The van der Waals surface area contributed by atoms with Gasteiger partial charge in [0.15, 0.2) is 0 Å². The summed E-state index contributed by atoms with van der Waals surface area (Å²) in [5.74, 6) is 0. The van der Waals surface area contributed by atoms with Gasteiger partial charge >= 0.3 is 0 Å². The highest BCUT2D eigenvalue weighted by molar-refractivity contribution is 7.89. The van der Waals surface area contributed by atoms with E-state index in [1.54, 1.807) is 12.1 Å². The molecule has 1 saturated heterocycles. The number of rotatable bonds is 2. The van der Waals surface area contributed by atoms with Crippen molar-refractivity contribution in [3.63, 3.8) is 0 Å². The Morgan fingerprint density at radius 3 is 2.60 bits per heavy atom. The Labute approximate surface area is 126 Å². The monoisotopic (exact) mass is 316 g/mol. The normalized spacial score (nSPS) is 23.8. The van der Waals surface area contributed by atoms with Crippen molar-refractivity contribution in [1.82, 2.24) is 4.31 Å². The lowest BCUT2D eigenvalue weighted by atomic mass is 9.81. The summed E-state index contributed by atoms with van der Waals surface area (Å²) in [6.45, 7) is 6.74. The van der Waals surface area contributed by atoms with Crippen molar-refractivity contribution in [2.75, 3.05) is 13.1 Å². The molecule has 0 spiro atoms. The lowest BCUT2D eigenvalue weighted by Gasteiger charge is -2.41. The van der Waals surface area contributed by atoms with E-state index in [-0.39, 0.29) is 16.4 Å². The maximum Gasteiger partial charge on any atom is 0.243 e. The minimum atomic E-state index is -3.50. The number of hydrogen-bond donors (Lipinski definition) is 1. The van der Waals surface area contributed by atoms with Gasteiger partial charge in [-0.25, -0.2) is 8.42 Å². The molecule has 0 aromatic heterocycles. The van der Waals surface area contributed by atoms with Gasteiger partial charge in [-0.05, 0) is 36.5 Å². The van der Waals surface area contributed by atoms with Crippen molar-refractivity contribution in [2.24, 2.45) is 11.1 Å². The van der Waals surface area contributed by atoms with Gasteiger partial charge in [-0.1, -0.05) is 31.5 Å². The van der Waals surface area contributed by atoms with Crippen LogP contribution in [0, 0.1) is 12.3 Å². The molecule has 0 bridgehead atoms. The molecule has 0 aliphatic carbocycles. The van der Waals surface area contributed by atoms with Crippen LogP contribution < -0.4 is 5.73 Å². The first-order valence-corrected chi connectivity index (χ1v) is 8.48. The summed E-state index contributed by atoms with van der Waals surface area (Å²) in [7, 11) is -3.50. The smallest absolute Gasteiger partial charge is 0.243 e. The predicted molar refractivity (Wildman–Crippen MR) is 81.3 cm³/mol. The largest absolute Gasteiger partial charge is 0.327 e. The van der Waals surface area contributed by atoms with Gasteiger partial charge in [0.05, 0.1) is 4.90 Å². The van der Waals surface area contributed by atoms with E-state index >= 15 is 0 Å². The van der Waals surface area contributed by atoms with Crippen molar-refractivity contribution < 1.29 is 8.42 Å². The molecule has 6 heteroatoms. The van der Waals surface area contributed by atoms with Crippen molar-refractivity contribution in [2.45, 2.75) is 38.1 Å². The minimum absolute atomic E-state index is 0.0237. The summed E-state index contributed by atoms with van der Waals surface area (Å²) in [6.07, 6.45) is 0.672. The van der Waals surface area contributed by atoms with Gasteiger partial charge in [-0.3, -0.25) is 0 Å². The van der Waals surface area contributed by atoms with E-state index in [0.29, 0.717) is 24.5 Å². The van der Waals surface area contributed by atoms with Crippen LogP contribution in [0.25, 0.3) is 0 Å². The Kier molecular flexibility index (Phi) is 4.17. The summed E-state index contributed by atoms with van der Waals surface area (Å²) < 4.78 is 26.9. The molecule has 1 aliphatic heterocycles. The van der Waals surface area contributed by atoms with Crippen LogP contribution in [0.4, 0.5) is 0 Å². The summed E-state index contributed by atoms with van der Waals surface area (Å²) in [5.41, 5.74) is 6.70. The third-order valence-corrected chi connectivity index (χ3v) is 6.31. The zero-order valence-electron chi connectivity index (χ0n) is 12.1. The Morgan fingerprint density at radius 2 is 2.05 bits per heavy atom. The van der Waals surface area contributed by atoms with E-state index in [1.165, 1.54) is 10.4 Å². The highest BCUT2D eigenvalue weighted by Gasteiger charge is 2.38. The van der Waals surface area contributed by atoms with Gasteiger partial charge < -0.3 is 5.73 Å². The first kappa shape index (κ1) is 15.8. The second-order valence-corrected chi connectivity index (χ2v) is 8.48. The molecular formula is C14H21ClN2O2S. The molecule has 1 unspecified atom stereocenters. The number of benzene rings is 1. The van der Waals surface area contributed by atoms with Crippen LogP contribution in [0.2, 0.25) is 5.02 Å². The SMILES string of the molecule is Cc1ccc(S(=O)(=O)N2CCC(N)C(C)(C)C2)cc1Cl. The zero-order valence-corrected chi connectivity index (χ0v) is 13.6. The highest BCUT2D eigenvalue weighted by atomic mass is 35.5. The number of sulfonamides is 1. The predicted octanol–water partition coefficient (Wildman–Crippen LogP) is 2.40. The fourth-order valence-corrected chi connectivity index (χ4v) is 4.31. The van der Waals surface area contributed by atoms with Crippen LogP contribution in [-0.4, -0.2) is 31.9 Å². The van der Waals surface area contributed by atoms with Crippen LogP contribution in [0.5, 0.6) is 0 Å². The Hall–Kier alpha value is -0.620. The van der Waals surface area contributed by atoms with E-state index in [2.05, 4.69) is 0 Å². The van der Waals surface area contributed by atoms with Crippen molar-refractivity contribution >= 4 is 21.6 Å². The van der Waals surface area contributed by atoms with Crippen LogP contribution in [0.3, 0.4) is 0 Å². The number of nitrogens with zero attached hydrogens (tertiary/aromatic N) is 1. The second-order valence-electron chi connectivity index (χ2n) is 6.13. The Morgan fingerprint density at radius 1 is 1.40 bits per heavy atom. The molecule has 1 aromatic rings. The Bertz CT molecular complexity index is 614. The van der Waals surface area contributed by atoms with Crippen LogP contribution in [0.15, 0.2) is 23.1 Å². The number of piperidine rings is 1. The van der Waals surface area contributed by atoms with Crippen molar-refractivity contribution in [3.05, 3.63) is 28.8 Å². The first-order valence-electron chi connectivity index (χ1n) is 6.66. The molecule has 0 saturated carbocycles. The molecule has 1 atom stereocenters. The van der Waals surface area contributed by atoms with E-state index in [0.717, 1.165) is 5.56 Å². The molecule has 0 amide bonds. The van der Waals surface area contributed by atoms with E-state index in [1.807, 2.05) is 20.8 Å². The van der Waals surface area contributed by atoms with Gasteiger partial charge in [-0.2, -0.15) is 4.31 Å². The molecular weight excluding hydrogens is 296 g/mol. The molecule has 1 aromatic carbocycles. The molecule has 2 rings (SSSR count). The summed E-state index contributed by atoms with van der Waals surface area (Å²) in [5, 5.41) is 0.471. The summed E-state index contributed by atoms with van der Waals surface area (Å²) in [4.78, 5) is 0.249. The third-order valence-electron chi connectivity index (χ3n) is 4.06. The number of aryl methyl sites for hydroxylation is 1. The van der Waals surface area contributed by atoms with E-state index < -0.39 is 10.0 Å². The number of hydrogen-bond acceptors (Lipinski definition) is 3. The Balaban J connectivity index is 2.33. The summed E-state index contributed by atoms with van der Waals surface area (Å²) in [6, 6.07) is 4.89. The molecule has 112 valence electrons. The van der Waals surface area contributed by atoms with E-state index in [4.69, 9.17) is 17.3 Å². The fourth-order valence-electron chi connectivity index (χ4n) is 2.41. The fraction of sp³-hybridized carbons (Fsp3) is 0.571. The average Bonchev–Trinajstić information content (AvgIpc) is 2.35. The maximum absolute atomic E-state index is 12.7. The van der Waals surface area contributed by atoms with Gasteiger partial charge in [0.1, 0.15) is 0 Å². The van der Waals surface area contributed by atoms with Gasteiger partial charge in [0.25, 0.3) is 0 Å². The van der Waals surface area contributed by atoms with Gasteiger partial charge in [0, 0.05) is 24.2 Å². The van der Waals surface area contributed by atoms with Gasteiger partial charge in [-0.15, -0.1) is 0 Å². The van der Waals surface area contributed by atoms with Gasteiger partial charge in [0.2, 0.25) is 10.0 Å². The third kappa shape index (κ3) is 2.86. The lowest BCUT2D eigenvalue weighted by Crippen LogP contribution is -2.53. The maximum atomic E-state index is 12.7. The van der Waals surface area contributed by atoms with E-state index in [9.17, 15) is 8.42 Å².